The maximum absolute atomic E-state index is 11.5. The third kappa shape index (κ3) is 8.47. The summed E-state index contributed by atoms with van der Waals surface area (Å²) >= 11 is 9.09. The van der Waals surface area contributed by atoms with Crippen molar-refractivity contribution in [3.05, 3.63) is 73.2 Å². The summed E-state index contributed by atoms with van der Waals surface area (Å²) in [6, 6.07) is 10.6. The van der Waals surface area contributed by atoms with Gasteiger partial charge in [0.05, 0.1) is 16.4 Å². The van der Waals surface area contributed by atoms with Gasteiger partial charge in [-0.15, -0.1) is 0 Å². The average molecular weight is 557 g/mol. The van der Waals surface area contributed by atoms with Crippen molar-refractivity contribution in [3.8, 4) is 0 Å². The molecule has 31 heavy (non-hydrogen) atoms. The minimum absolute atomic E-state index is 0.0643. The first-order chi connectivity index (χ1) is 14.2. The number of nitro groups is 1. The molecular weight excluding hydrogens is 538 g/mol. The fourth-order valence-electron chi connectivity index (χ4n) is 3.26. The van der Waals surface area contributed by atoms with Crippen molar-refractivity contribution in [2.24, 2.45) is 0 Å². The molecular formula is C18H19BrClNO8S2. The molecule has 0 saturated heterocycles. The maximum atomic E-state index is 11.5. The number of nitro benzene ring substituents is 1. The monoisotopic (exact) mass is 555 g/mol. The molecule has 0 aliphatic heterocycles. The molecule has 0 bridgehead atoms. The molecule has 2 aromatic carbocycles. The smallest absolute Gasteiger partial charge is 0.286 e. The van der Waals surface area contributed by atoms with Gasteiger partial charge >= 0.3 is 0 Å². The molecule has 0 amide bonds. The van der Waals surface area contributed by atoms with Crippen LogP contribution in [0, 0.1) is 10.1 Å². The summed E-state index contributed by atoms with van der Waals surface area (Å²) in [6.45, 7) is 0. The van der Waals surface area contributed by atoms with Crippen molar-refractivity contribution in [1.82, 2.24) is 0 Å². The summed E-state index contributed by atoms with van der Waals surface area (Å²) < 4.78 is 65.5. The number of nitrogens with zero attached hydrogens (tertiary/aromatic N) is 1. The van der Waals surface area contributed by atoms with Crippen molar-refractivity contribution in [3.63, 3.8) is 0 Å². The van der Waals surface area contributed by atoms with E-state index in [4.69, 9.17) is 11.6 Å². The Bertz CT molecular complexity index is 1150. The van der Waals surface area contributed by atoms with E-state index in [2.05, 4.69) is 15.9 Å². The van der Waals surface area contributed by atoms with Crippen molar-refractivity contribution in [2.75, 3.05) is 11.5 Å². The Kier molecular flexibility index (Phi) is 8.59. The maximum Gasteiger partial charge on any atom is 0.288 e. The third-order valence-corrected chi connectivity index (χ3v) is 7.16. The van der Waals surface area contributed by atoms with Crippen LogP contribution >= 0.6 is 27.5 Å². The highest BCUT2D eigenvalue weighted by Gasteiger charge is 2.26. The molecule has 0 aromatic heterocycles. The molecule has 2 unspecified atom stereocenters. The molecule has 0 saturated carbocycles. The van der Waals surface area contributed by atoms with Crippen LogP contribution in [0.1, 0.15) is 35.8 Å². The van der Waals surface area contributed by atoms with Gasteiger partial charge in [0.15, 0.2) is 0 Å². The lowest BCUT2D eigenvalue weighted by Crippen LogP contribution is -2.18. The second-order valence-electron chi connectivity index (χ2n) is 6.99. The zero-order valence-corrected chi connectivity index (χ0v) is 19.9. The first-order valence-corrected chi connectivity index (χ1v) is 13.2. The van der Waals surface area contributed by atoms with Gasteiger partial charge in [-0.1, -0.05) is 45.7 Å². The van der Waals surface area contributed by atoms with E-state index in [1.54, 1.807) is 24.3 Å². The van der Waals surface area contributed by atoms with E-state index in [0.717, 1.165) is 10.5 Å². The van der Waals surface area contributed by atoms with Crippen molar-refractivity contribution in [1.29, 1.82) is 0 Å². The Hall–Kier alpha value is -1.57. The molecule has 0 spiro atoms. The summed E-state index contributed by atoms with van der Waals surface area (Å²) in [6.07, 6.45) is 0.187. The standard InChI is InChI=1S/C18H19BrClNO8S2/c19-16-6-3-12(4-7-16)14(10-30(24,25)26)1-2-15(11-31(27,28)29)13-5-8-17(20)18(9-13)21(22)23/h3-9,14-15H,1-2,10-11H2,(H,24,25,26)(H,27,28,29). The summed E-state index contributed by atoms with van der Waals surface area (Å²) in [5.41, 5.74) is 0.450. The number of hydrogen-bond acceptors (Lipinski definition) is 6. The molecule has 0 fully saturated rings. The van der Waals surface area contributed by atoms with E-state index in [9.17, 15) is 36.1 Å². The highest BCUT2D eigenvalue weighted by molar-refractivity contribution is 9.10. The molecule has 2 aromatic rings. The van der Waals surface area contributed by atoms with Crippen LogP contribution < -0.4 is 0 Å². The first-order valence-electron chi connectivity index (χ1n) is 8.85. The van der Waals surface area contributed by atoms with E-state index >= 15 is 0 Å². The minimum Gasteiger partial charge on any atom is -0.286 e. The van der Waals surface area contributed by atoms with Crippen LogP contribution in [0.25, 0.3) is 0 Å². The molecule has 170 valence electrons. The van der Waals surface area contributed by atoms with Crippen LogP contribution in [-0.2, 0) is 20.2 Å². The number of hydrogen-bond donors (Lipinski definition) is 2. The first kappa shape index (κ1) is 25.7. The Morgan fingerprint density at radius 2 is 1.35 bits per heavy atom. The van der Waals surface area contributed by atoms with Crippen LogP contribution in [0.4, 0.5) is 5.69 Å². The largest absolute Gasteiger partial charge is 0.288 e. The Balaban J connectivity index is 2.37. The lowest BCUT2D eigenvalue weighted by molar-refractivity contribution is -0.384. The van der Waals surface area contributed by atoms with E-state index in [0.29, 0.717) is 5.56 Å². The van der Waals surface area contributed by atoms with Crippen LogP contribution in [0.15, 0.2) is 46.9 Å². The number of rotatable bonds is 10. The van der Waals surface area contributed by atoms with Gasteiger partial charge in [-0.25, -0.2) is 0 Å². The van der Waals surface area contributed by atoms with Gasteiger partial charge in [0.1, 0.15) is 5.02 Å². The van der Waals surface area contributed by atoms with Gasteiger partial charge in [0, 0.05) is 22.4 Å². The van der Waals surface area contributed by atoms with Gasteiger partial charge in [-0.05, 0) is 42.2 Å². The summed E-state index contributed by atoms with van der Waals surface area (Å²) in [7, 11) is -8.78. The predicted octanol–water partition coefficient (Wildman–Crippen LogP) is 4.43. The van der Waals surface area contributed by atoms with Crippen molar-refractivity contribution in [2.45, 2.75) is 24.7 Å². The minimum atomic E-state index is -4.44. The third-order valence-electron chi connectivity index (χ3n) is 4.67. The van der Waals surface area contributed by atoms with Gasteiger partial charge in [0.2, 0.25) is 0 Å². The quantitative estimate of drug-likeness (QED) is 0.248. The molecule has 2 rings (SSSR count). The van der Waals surface area contributed by atoms with Gasteiger partial charge < -0.3 is 0 Å². The highest BCUT2D eigenvalue weighted by Crippen LogP contribution is 2.34. The number of halogens is 2. The summed E-state index contributed by atoms with van der Waals surface area (Å²) in [4.78, 5) is 10.5. The lowest BCUT2D eigenvalue weighted by atomic mass is 9.89. The topological polar surface area (TPSA) is 152 Å². The van der Waals surface area contributed by atoms with Crippen LogP contribution in [0.2, 0.25) is 5.02 Å². The van der Waals surface area contributed by atoms with Crippen LogP contribution in [0.3, 0.4) is 0 Å². The summed E-state index contributed by atoms with van der Waals surface area (Å²) in [5.74, 6) is -2.85. The Morgan fingerprint density at radius 1 is 0.903 bits per heavy atom. The Morgan fingerprint density at radius 3 is 1.81 bits per heavy atom. The zero-order valence-electron chi connectivity index (χ0n) is 15.9. The predicted molar refractivity (Wildman–Crippen MR) is 120 cm³/mol. The molecule has 9 nitrogen and oxygen atoms in total. The van der Waals surface area contributed by atoms with Crippen LogP contribution in [0.5, 0.6) is 0 Å². The summed E-state index contributed by atoms with van der Waals surface area (Å²) in [5, 5.41) is 11.0. The van der Waals surface area contributed by atoms with E-state index in [-0.39, 0.29) is 23.4 Å². The fraction of sp³-hybridized carbons (Fsp3) is 0.333. The SMILES string of the molecule is O=[N+]([O-])c1cc(C(CCC(CS(=O)(=O)O)c2ccc(Br)cc2)CS(=O)(=O)O)ccc1Cl. The van der Waals surface area contributed by atoms with Crippen molar-refractivity contribution < 1.29 is 30.9 Å². The molecule has 0 radical (unpaired) electrons. The van der Waals surface area contributed by atoms with Crippen LogP contribution in [-0.4, -0.2) is 42.4 Å². The second-order valence-corrected chi connectivity index (χ2v) is 11.3. The normalized spacial score (nSPS) is 14.2. The van der Waals surface area contributed by atoms with Crippen molar-refractivity contribution >= 4 is 53.5 Å². The molecule has 0 aliphatic rings. The average Bonchev–Trinajstić information content (AvgIpc) is 2.63. The fourth-order valence-corrected chi connectivity index (χ4v) is 5.45. The van der Waals surface area contributed by atoms with Gasteiger partial charge in [-0.3, -0.25) is 19.2 Å². The van der Waals surface area contributed by atoms with E-state index < -0.39 is 54.2 Å². The molecule has 2 atom stereocenters. The van der Waals surface area contributed by atoms with Gasteiger partial charge in [-0.2, -0.15) is 16.8 Å². The van der Waals surface area contributed by atoms with E-state index in [1.807, 2.05) is 0 Å². The molecule has 13 heteroatoms. The zero-order chi connectivity index (χ0) is 23.4. The van der Waals surface area contributed by atoms with E-state index in [1.165, 1.54) is 12.1 Å². The number of benzene rings is 2. The highest BCUT2D eigenvalue weighted by atomic mass is 79.9. The Labute approximate surface area is 193 Å². The molecule has 0 heterocycles. The molecule has 2 N–H and O–H groups in total. The lowest BCUT2D eigenvalue weighted by Gasteiger charge is -2.21. The second kappa shape index (κ2) is 10.4. The van der Waals surface area contributed by atoms with Gasteiger partial charge in [0.25, 0.3) is 25.9 Å². The molecule has 0 aliphatic carbocycles.